The summed E-state index contributed by atoms with van der Waals surface area (Å²) in [5, 5.41) is 7.27. The van der Waals surface area contributed by atoms with Crippen molar-refractivity contribution >= 4 is 23.2 Å². The first-order chi connectivity index (χ1) is 15.3. The number of carbonyl (C=O) groups is 1. The molecule has 2 aromatic heterocycles. The molecule has 1 fully saturated rings. The molecule has 1 aliphatic rings. The van der Waals surface area contributed by atoms with Gasteiger partial charge in [0.1, 0.15) is 11.4 Å². The quantitative estimate of drug-likeness (QED) is 0.588. The molecule has 0 saturated heterocycles. The Morgan fingerprint density at radius 3 is 2.66 bits per heavy atom. The number of hydrogen-bond acceptors (Lipinski definition) is 5. The van der Waals surface area contributed by atoms with Gasteiger partial charge in [0.15, 0.2) is 11.5 Å². The first kappa shape index (κ1) is 22.2. The van der Waals surface area contributed by atoms with Crippen LogP contribution in [-0.2, 0) is 7.05 Å². The van der Waals surface area contributed by atoms with Crippen molar-refractivity contribution in [1.29, 1.82) is 0 Å². The van der Waals surface area contributed by atoms with Crippen molar-refractivity contribution in [3.05, 3.63) is 50.5 Å². The van der Waals surface area contributed by atoms with Crippen LogP contribution in [0.5, 0.6) is 5.75 Å². The Kier molecular flexibility index (Phi) is 6.15. The van der Waals surface area contributed by atoms with E-state index in [9.17, 15) is 9.59 Å². The van der Waals surface area contributed by atoms with Gasteiger partial charge in [0.2, 0.25) is 0 Å². The van der Waals surface area contributed by atoms with Crippen LogP contribution in [0.4, 0.5) is 5.69 Å². The second-order valence-electron chi connectivity index (χ2n) is 8.21. The average molecular weight is 459 g/mol. The van der Waals surface area contributed by atoms with Gasteiger partial charge in [-0.25, -0.2) is 4.68 Å². The van der Waals surface area contributed by atoms with Crippen LogP contribution in [0.1, 0.15) is 59.9 Å². The molecule has 8 nitrogen and oxygen atoms in total. The number of amides is 1. The maximum absolute atomic E-state index is 13.2. The third kappa shape index (κ3) is 3.83. The zero-order chi connectivity index (χ0) is 23.0. The number of aromatic nitrogens is 3. The molecule has 0 bridgehead atoms. The molecule has 0 atom stereocenters. The van der Waals surface area contributed by atoms with E-state index in [2.05, 4.69) is 10.5 Å². The van der Waals surface area contributed by atoms with Crippen molar-refractivity contribution in [3.63, 3.8) is 0 Å². The van der Waals surface area contributed by atoms with Gasteiger partial charge in [-0.1, -0.05) is 36.0 Å². The molecule has 0 spiro atoms. The second-order valence-corrected chi connectivity index (χ2v) is 8.65. The number of ether oxygens (including phenoxy) is 1. The first-order valence-corrected chi connectivity index (χ1v) is 11.1. The summed E-state index contributed by atoms with van der Waals surface area (Å²) in [6.45, 7) is 3.57. The number of hydrogen-bond donors (Lipinski definition) is 1. The third-order valence-corrected chi connectivity index (χ3v) is 6.53. The smallest absolute Gasteiger partial charge is 0.291 e. The van der Waals surface area contributed by atoms with Crippen molar-refractivity contribution in [2.24, 2.45) is 7.05 Å². The molecular formula is C23H27ClN4O4. The first-order valence-electron chi connectivity index (χ1n) is 10.7. The van der Waals surface area contributed by atoms with Crippen LogP contribution in [0.2, 0.25) is 5.02 Å². The molecule has 1 amide bonds. The maximum Gasteiger partial charge on any atom is 0.291 e. The van der Waals surface area contributed by atoms with E-state index in [4.69, 9.17) is 20.9 Å². The predicted molar refractivity (Wildman–Crippen MR) is 123 cm³/mol. The van der Waals surface area contributed by atoms with Gasteiger partial charge in [-0.05, 0) is 44.9 Å². The van der Waals surface area contributed by atoms with Gasteiger partial charge in [0.05, 0.1) is 24.4 Å². The summed E-state index contributed by atoms with van der Waals surface area (Å²) in [7, 11) is 3.39. The number of anilines is 1. The van der Waals surface area contributed by atoms with Gasteiger partial charge in [-0.3, -0.25) is 14.3 Å². The summed E-state index contributed by atoms with van der Waals surface area (Å²) in [4.78, 5) is 26.2. The van der Waals surface area contributed by atoms with E-state index in [1.54, 1.807) is 29.8 Å². The Labute approximate surface area is 191 Å². The fourth-order valence-corrected chi connectivity index (χ4v) is 4.60. The van der Waals surface area contributed by atoms with Crippen molar-refractivity contribution in [2.75, 3.05) is 12.4 Å². The van der Waals surface area contributed by atoms with Crippen molar-refractivity contribution in [2.45, 2.75) is 52.0 Å². The SMILES string of the molecule is COc1cc(Cl)ccc1-c1onc(C(=O)Nc2c(C)n(C)n(C3CCCCC3)c2=O)c1C. The summed E-state index contributed by atoms with van der Waals surface area (Å²) >= 11 is 6.05. The Hall–Kier alpha value is -3.00. The highest BCUT2D eigenvalue weighted by Crippen LogP contribution is 2.35. The van der Waals surface area contributed by atoms with E-state index in [1.807, 2.05) is 18.7 Å². The van der Waals surface area contributed by atoms with E-state index in [0.717, 1.165) is 25.7 Å². The van der Waals surface area contributed by atoms with Gasteiger partial charge < -0.3 is 14.6 Å². The van der Waals surface area contributed by atoms with Crippen LogP contribution in [0.3, 0.4) is 0 Å². The van der Waals surface area contributed by atoms with Crippen molar-refractivity contribution in [1.82, 2.24) is 14.5 Å². The summed E-state index contributed by atoms with van der Waals surface area (Å²) in [6, 6.07) is 5.28. The number of carbonyl (C=O) groups excluding carboxylic acids is 1. The molecule has 1 saturated carbocycles. The van der Waals surface area contributed by atoms with Gasteiger partial charge in [0.25, 0.3) is 11.5 Å². The van der Waals surface area contributed by atoms with Gasteiger partial charge in [0, 0.05) is 17.6 Å². The van der Waals surface area contributed by atoms with Crippen LogP contribution in [0.25, 0.3) is 11.3 Å². The van der Waals surface area contributed by atoms with E-state index >= 15 is 0 Å². The molecule has 170 valence electrons. The molecule has 1 aromatic carbocycles. The third-order valence-electron chi connectivity index (χ3n) is 6.30. The zero-order valence-electron chi connectivity index (χ0n) is 18.7. The molecule has 32 heavy (non-hydrogen) atoms. The maximum atomic E-state index is 13.2. The van der Waals surface area contributed by atoms with E-state index in [0.29, 0.717) is 33.4 Å². The van der Waals surface area contributed by atoms with Crippen molar-refractivity contribution in [3.8, 4) is 17.1 Å². The van der Waals surface area contributed by atoms with E-state index in [1.165, 1.54) is 13.5 Å². The van der Waals surface area contributed by atoms with E-state index < -0.39 is 5.91 Å². The Balaban J connectivity index is 1.64. The number of methoxy groups -OCH3 is 1. The van der Waals surface area contributed by atoms with E-state index in [-0.39, 0.29) is 23.0 Å². The van der Waals surface area contributed by atoms with Crippen LogP contribution in [-0.4, -0.2) is 27.5 Å². The predicted octanol–water partition coefficient (Wildman–Crippen LogP) is 4.88. The number of rotatable bonds is 5. The van der Waals surface area contributed by atoms with Gasteiger partial charge in [-0.15, -0.1) is 0 Å². The number of benzene rings is 1. The molecule has 3 aromatic rings. The highest BCUT2D eigenvalue weighted by molar-refractivity contribution is 6.30. The van der Waals surface area contributed by atoms with Crippen LogP contribution in [0.15, 0.2) is 27.5 Å². The van der Waals surface area contributed by atoms with Crippen LogP contribution >= 0.6 is 11.6 Å². The lowest BCUT2D eigenvalue weighted by Gasteiger charge is -2.24. The van der Waals surface area contributed by atoms with Crippen LogP contribution in [0, 0.1) is 13.8 Å². The van der Waals surface area contributed by atoms with Gasteiger partial charge >= 0.3 is 0 Å². The minimum atomic E-state index is -0.493. The largest absolute Gasteiger partial charge is 0.496 e. The summed E-state index contributed by atoms with van der Waals surface area (Å²) < 4.78 is 14.5. The number of nitrogens with zero attached hydrogens (tertiary/aromatic N) is 3. The highest BCUT2D eigenvalue weighted by atomic mass is 35.5. The molecule has 9 heteroatoms. The molecule has 4 rings (SSSR count). The highest BCUT2D eigenvalue weighted by Gasteiger charge is 2.27. The second kappa shape index (κ2) is 8.86. The monoisotopic (exact) mass is 458 g/mol. The minimum Gasteiger partial charge on any atom is -0.496 e. The van der Waals surface area contributed by atoms with Crippen molar-refractivity contribution < 1.29 is 14.1 Å². The lowest BCUT2D eigenvalue weighted by atomic mass is 9.96. The molecule has 0 unspecified atom stereocenters. The van der Waals surface area contributed by atoms with Crippen LogP contribution < -0.4 is 15.6 Å². The number of halogens is 1. The molecule has 0 radical (unpaired) electrons. The number of nitrogens with one attached hydrogen (secondary N) is 1. The Morgan fingerprint density at radius 1 is 1.25 bits per heavy atom. The molecule has 1 N–H and O–H groups in total. The molecule has 1 aliphatic carbocycles. The zero-order valence-corrected chi connectivity index (χ0v) is 19.5. The summed E-state index contributed by atoms with van der Waals surface area (Å²) in [5.74, 6) is 0.429. The Morgan fingerprint density at radius 2 is 1.97 bits per heavy atom. The van der Waals surface area contributed by atoms with Gasteiger partial charge in [-0.2, -0.15) is 0 Å². The standard InChI is InChI=1S/C23H27ClN4O4/c1-13-19(26-32-21(13)17-11-10-15(24)12-18(17)31-4)22(29)25-20-14(2)27(3)28(23(20)30)16-8-6-5-7-9-16/h10-12,16H,5-9H2,1-4H3,(H,25,29). The molecule has 0 aliphatic heterocycles. The molecular weight excluding hydrogens is 432 g/mol. The lowest BCUT2D eigenvalue weighted by Crippen LogP contribution is -2.29. The summed E-state index contributed by atoms with van der Waals surface area (Å²) in [6.07, 6.45) is 5.36. The fourth-order valence-electron chi connectivity index (χ4n) is 4.43. The minimum absolute atomic E-state index is 0.115. The lowest BCUT2D eigenvalue weighted by molar-refractivity contribution is 0.101. The molecule has 2 heterocycles. The Bertz CT molecular complexity index is 1220. The normalized spacial score (nSPS) is 14.5. The summed E-state index contributed by atoms with van der Waals surface area (Å²) in [5.41, 5.74) is 2.08. The topological polar surface area (TPSA) is 91.3 Å². The fraction of sp³-hybridized carbons (Fsp3) is 0.435. The average Bonchev–Trinajstić information content (AvgIpc) is 3.27.